The molecule has 0 bridgehead atoms. The zero-order valence-corrected chi connectivity index (χ0v) is 31.1. The molecule has 58 heavy (non-hydrogen) atoms. The molecule has 0 fully saturated rings. The highest BCUT2D eigenvalue weighted by Crippen LogP contribution is 2.51. The maximum absolute atomic E-state index is 7.26. The molecule has 3 aromatic heterocycles. The van der Waals surface area contributed by atoms with Crippen LogP contribution in [0, 0.1) is 0 Å². The van der Waals surface area contributed by atoms with Crippen molar-refractivity contribution < 1.29 is 13.3 Å². The Balaban J connectivity index is 1.18. The van der Waals surface area contributed by atoms with Gasteiger partial charge in [-0.05, 0) is 74.3 Å². The lowest BCUT2D eigenvalue weighted by molar-refractivity contribution is 0.664. The fourth-order valence-corrected chi connectivity index (χ4v) is 9.49. The van der Waals surface area contributed by atoms with Gasteiger partial charge in [0.15, 0.2) is 16.7 Å². The largest absolute Gasteiger partial charge is 0.454 e. The summed E-state index contributed by atoms with van der Waals surface area (Å²) in [7, 11) is 0. The SMILES string of the molecule is c1ccc(-c2cc3ccccc3c3c2oc2c(N(c4cccc5c4oc4ccc6ccccc6c45)c4cccc5c4oc4ccc6ccccc6c45)cccc23)cc1. The topological polar surface area (TPSA) is 42.7 Å². The van der Waals surface area contributed by atoms with Gasteiger partial charge in [-0.2, -0.15) is 0 Å². The minimum absolute atomic E-state index is 0.781. The molecule has 0 N–H and O–H groups in total. The van der Waals surface area contributed by atoms with Gasteiger partial charge in [0.05, 0.1) is 17.1 Å². The van der Waals surface area contributed by atoms with Crippen LogP contribution in [0.3, 0.4) is 0 Å². The first-order valence-corrected chi connectivity index (χ1v) is 19.7. The normalized spacial score (nSPS) is 12.1. The van der Waals surface area contributed by atoms with Crippen molar-refractivity contribution in [3.63, 3.8) is 0 Å². The van der Waals surface area contributed by atoms with Crippen molar-refractivity contribution in [1.29, 1.82) is 0 Å². The van der Waals surface area contributed by atoms with E-state index in [1.165, 1.54) is 10.8 Å². The first-order valence-electron chi connectivity index (χ1n) is 19.7. The van der Waals surface area contributed by atoms with Gasteiger partial charge in [0.25, 0.3) is 0 Å². The van der Waals surface area contributed by atoms with Crippen LogP contribution in [0.5, 0.6) is 0 Å². The molecular weight excluding hydrogens is 711 g/mol. The van der Waals surface area contributed by atoms with Crippen LogP contribution in [0.1, 0.15) is 0 Å². The first kappa shape index (κ1) is 31.4. The number of furan rings is 3. The molecule has 270 valence electrons. The van der Waals surface area contributed by atoms with Crippen LogP contribution in [0.15, 0.2) is 201 Å². The zero-order chi connectivity index (χ0) is 37.9. The molecule has 0 amide bonds. The lowest BCUT2D eigenvalue weighted by atomic mass is 9.96. The summed E-state index contributed by atoms with van der Waals surface area (Å²) in [5.74, 6) is 0. The number of hydrogen-bond donors (Lipinski definition) is 0. The molecule has 4 nitrogen and oxygen atoms in total. The van der Waals surface area contributed by atoms with E-state index in [0.717, 1.165) is 116 Å². The summed E-state index contributed by atoms with van der Waals surface area (Å²) in [5.41, 5.74) is 9.71. The van der Waals surface area contributed by atoms with Crippen LogP contribution in [0.4, 0.5) is 17.1 Å². The van der Waals surface area contributed by atoms with E-state index >= 15 is 0 Å². The molecule has 0 unspecified atom stereocenters. The highest BCUT2D eigenvalue weighted by atomic mass is 16.3. The highest BCUT2D eigenvalue weighted by Gasteiger charge is 2.28. The van der Waals surface area contributed by atoms with Crippen LogP contribution in [-0.4, -0.2) is 0 Å². The van der Waals surface area contributed by atoms with E-state index < -0.39 is 0 Å². The van der Waals surface area contributed by atoms with E-state index in [1.807, 2.05) is 0 Å². The smallest absolute Gasteiger partial charge is 0.159 e. The summed E-state index contributed by atoms with van der Waals surface area (Å²) < 4.78 is 21.1. The summed E-state index contributed by atoms with van der Waals surface area (Å²) in [6.45, 7) is 0. The number of fused-ring (bicyclic) bond motifs is 15. The van der Waals surface area contributed by atoms with Gasteiger partial charge in [0, 0.05) is 37.9 Å². The van der Waals surface area contributed by atoms with Crippen molar-refractivity contribution in [1.82, 2.24) is 0 Å². The fourth-order valence-electron chi connectivity index (χ4n) is 9.49. The van der Waals surface area contributed by atoms with Crippen LogP contribution in [0.25, 0.3) is 109 Å². The summed E-state index contributed by atoms with van der Waals surface area (Å²) in [5, 5.41) is 13.4. The number of rotatable bonds is 4. The summed E-state index contributed by atoms with van der Waals surface area (Å²) in [6.07, 6.45) is 0. The first-order chi connectivity index (χ1) is 28.8. The van der Waals surface area contributed by atoms with E-state index in [0.29, 0.717) is 0 Å². The Bertz CT molecular complexity index is 3660. The lowest BCUT2D eigenvalue weighted by Crippen LogP contribution is -2.10. The Morgan fingerprint density at radius 1 is 0.293 bits per heavy atom. The van der Waals surface area contributed by atoms with Crippen LogP contribution in [-0.2, 0) is 0 Å². The van der Waals surface area contributed by atoms with Crippen molar-refractivity contribution in [3.8, 4) is 11.1 Å². The highest BCUT2D eigenvalue weighted by molar-refractivity contribution is 6.26. The Hall–Kier alpha value is -7.82. The number of hydrogen-bond acceptors (Lipinski definition) is 4. The van der Waals surface area contributed by atoms with E-state index in [1.54, 1.807) is 0 Å². The van der Waals surface area contributed by atoms with Gasteiger partial charge in [-0.1, -0.05) is 152 Å². The Labute approximate surface area is 331 Å². The van der Waals surface area contributed by atoms with E-state index in [9.17, 15) is 0 Å². The standard InChI is InChI=1S/C54H31NO3/c1-2-13-32(14-3-1)42-31-35-17-6-9-20-38(35)50-41-23-12-26-45(53(41)58-54(42)50)55(43-24-10-21-39-48-36-18-7-4-15-33(36)27-29-46(48)56-51(39)43)44-25-11-22-40-49-37-19-8-5-16-34(37)28-30-47(49)57-52(40)44/h1-31H. The monoisotopic (exact) mass is 741 g/mol. The maximum atomic E-state index is 7.26. The van der Waals surface area contributed by atoms with Gasteiger partial charge in [0.1, 0.15) is 16.7 Å². The van der Waals surface area contributed by atoms with Crippen molar-refractivity contribution in [2.45, 2.75) is 0 Å². The Morgan fingerprint density at radius 3 is 1.28 bits per heavy atom. The van der Waals surface area contributed by atoms with Gasteiger partial charge in [-0.15, -0.1) is 0 Å². The Morgan fingerprint density at radius 2 is 0.724 bits per heavy atom. The molecule has 13 rings (SSSR count). The predicted octanol–water partition coefficient (Wildman–Crippen LogP) is 16.0. The lowest BCUT2D eigenvalue weighted by Gasteiger charge is -2.25. The van der Waals surface area contributed by atoms with Crippen LogP contribution < -0.4 is 4.90 Å². The average molecular weight is 742 g/mol. The maximum Gasteiger partial charge on any atom is 0.159 e. The molecule has 0 aliphatic carbocycles. The molecule has 3 heterocycles. The van der Waals surface area contributed by atoms with Crippen molar-refractivity contribution >= 4 is 115 Å². The minimum Gasteiger partial charge on any atom is -0.454 e. The van der Waals surface area contributed by atoms with Gasteiger partial charge in [-0.25, -0.2) is 0 Å². The van der Waals surface area contributed by atoms with Gasteiger partial charge < -0.3 is 13.3 Å². The quantitative estimate of drug-likeness (QED) is 0.180. The third-order valence-corrected chi connectivity index (χ3v) is 12.0. The minimum atomic E-state index is 0.781. The molecule has 0 spiro atoms. The van der Waals surface area contributed by atoms with Crippen LogP contribution >= 0.6 is 0 Å². The van der Waals surface area contributed by atoms with E-state index in [4.69, 9.17) is 13.3 Å². The van der Waals surface area contributed by atoms with Gasteiger partial charge >= 0.3 is 0 Å². The van der Waals surface area contributed by atoms with Crippen molar-refractivity contribution in [2.24, 2.45) is 0 Å². The summed E-state index contributed by atoms with van der Waals surface area (Å²) >= 11 is 0. The van der Waals surface area contributed by atoms with Gasteiger partial charge in [0.2, 0.25) is 0 Å². The third kappa shape index (κ3) is 4.34. The molecule has 10 aromatic carbocycles. The second-order valence-electron chi connectivity index (χ2n) is 15.1. The molecule has 4 heteroatoms. The van der Waals surface area contributed by atoms with Crippen molar-refractivity contribution in [3.05, 3.63) is 188 Å². The predicted molar refractivity (Wildman–Crippen MR) is 241 cm³/mol. The molecule has 0 aliphatic heterocycles. The molecular formula is C54H31NO3. The fraction of sp³-hybridized carbons (Fsp3) is 0. The molecule has 0 saturated carbocycles. The molecule has 13 aromatic rings. The molecule has 0 saturated heterocycles. The number of para-hydroxylation sites is 3. The molecule has 0 aliphatic rings. The molecule has 0 radical (unpaired) electrons. The Kier molecular flexibility index (Phi) is 6.41. The number of anilines is 3. The molecule has 0 atom stereocenters. The third-order valence-electron chi connectivity index (χ3n) is 12.0. The van der Waals surface area contributed by atoms with Crippen molar-refractivity contribution in [2.75, 3.05) is 4.90 Å². The zero-order valence-electron chi connectivity index (χ0n) is 31.1. The van der Waals surface area contributed by atoms with Crippen LogP contribution in [0.2, 0.25) is 0 Å². The van der Waals surface area contributed by atoms with Gasteiger partial charge in [-0.3, -0.25) is 4.90 Å². The summed E-state index contributed by atoms with van der Waals surface area (Å²) in [6, 6.07) is 66.3. The van der Waals surface area contributed by atoms with E-state index in [-0.39, 0.29) is 0 Å². The second-order valence-corrected chi connectivity index (χ2v) is 15.1. The average Bonchev–Trinajstić information content (AvgIpc) is 4.00. The van der Waals surface area contributed by atoms with E-state index in [2.05, 4.69) is 193 Å². The number of benzene rings is 10. The number of nitrogens with zero attached hydrogens (tertiary/aromatic N) is 1. The second kappa shape index (κ2) is 11.8. The summed E-state index contributed by atoms with van der Waals surface area (Å²) in [4.78, 5) is 2.29.